The third-order valence-corrected chi connectivity index (χ3v) is 2.28. The average molecular weight is 229 g/mol. The molecule has 0 fully saturated rings. The summed E-state index contributed by atoms with van der Waals surface area (Å²) in [4.78, 5) is 0. The third kappa shape index (κ3) is 3.81. The maximum absolute atomic E-state index is 5.63. The molecular weight excluding hydrogens is 214 g/mol. The fourth-order valence-electron chi connectivity index (χ4n) is 1.45. The molecule has 2 N–H and O–H groups in total. The SMILES string of the molecule is Nc1cccc(OCOCc2ccccc2)c1. The first-order valence-electron chi connectivity index (χ1n) is 5.44. The van der Waals surface area contributed by atoms with Crippen LogP contribution in [0.25, 0.3) is 0 Å². The van der Waals surface area contributed by atoms with E-state index in [9.17, 15) is 0 Å². The number of nitrogen functional groups attached to an aromatic ring is 1. The molecule has 3 nitrogen and oxygen atoms in total. The lowest BCUT2D eigenvalue weighted by atomic mass is 10.2. The van der Waals surface area contributed by atoms with Crippen molar-refractivity contribution >= 4 is 5.69 Å². The standard InChI is InChI=1S/C14H15NO2/c15-13-7-4-8-14(9-13)17-11-16-10-12-5-2-1-3-6-12/h1-9H,10-11,15H2. The topological polar surface area (TPSA) is 44.5 Å². The Balaban J connectivity index is 1.73. The van der Waals surface area contributed by atoms with E-state index in [0.29, 0.717) is 12.3 Å². The molecule has 0 unspecified atom stereocenters. The molecule has 0 spiro atoms. The predicted molar refractivity (Wildman–Crippen MR) is 67.6 cm³/mol. The molecule has 0 amide bonds. The Kier molecular flexibility index (Phi) is 4.00. The summed E-state index contributed by atoms with van der Waals surface area (Å²) in [6, 6.07) is 17.3. The van der Waals surface area contributed by atoms with Gasteiger partial charge in [0.25, 0.3) is 0 Å². The zero-order chi connectivity index (χ0) is 11.9. The highest BCUT2D eigenvalue weighted by Crippen LogP contribution is 2.14. The van der Waals surface area contributed by atoms with Crippen LogP contribution in [0.1, 0.15) is 5.56 Å². The second-order valence-electron chi connectivity index (χ2n) is 3.67. The molecule has 0 radical (unpaired) electrons. The van der Waals surface area contributed by atoms with Crippen molar-refractivity contribution in [1.82, 2.24) is 0 Å². The van der Waals surface area contributed by atoms with Crippen molar-refractivity contribution in [2.75, 3.05) is 12.5 Å². The lowest BCUT2D eigenvalue weighted by molar-refractivity contribution is 0.00508. The highest BCUT2D eigenvalue weighted by atomic mass is 16.7. The van der Waals surface area contributed by atoms with Gasteiger partial charge in [-0.25, -0.2) is 0 Å². The molecule has 0 atom stereocenters. The van der Waals surface area contributed by atoms with E-state index in [2.05, 4.69) is 0 Å². The van der Waals surface area contributed by atoms with Gasteiger partial charge >= 0.3 is 0 Å². The maximum Gasteiger partial charge on any atom is 0.189 e. The lowest BCUT2D eigenvalue weighted by Gasteiger charge is -2.07. The Labute approximate surface area is 101 Å². The molecule has 2 aromatic carbocycles. The van der Waals surface area contributed by atoms with Crippen molar-refractivity contribution in [2.45, 2.75) is 6.61 Å². The van der Waals surface area contributed by atoms with Crippen LogP contribution in [0.15, 0.2) is 54.6 Å². The molecule has 0 saturated carbocycles. The number of nitrogens with two attached hydrogens (primary N) is 1. The number of ether oxygens (including phenoxy) is 2. The van der Waals surface area contributed by atoms with Crippen molar-refractivity contribution < 1.29 is 9.47 Å². The van der Waals surface area contributed by atoms with E-state index in [0.717, 1.165) is 11.3 Å². The normalized spacial score (nSPS) is 10.1. The van der Waals surface area contributed by atoms with E-state index in [1.54, 1.807) is 6.07 Å². The van der Waals surface area contributed by atoms with E-state index >= 15 is 0 Å². The fraction of sp³-hybridized carbons (Fsp3) is 0.143. The van der Waals surface area contributed by atoms with Gasteiger partial charge in [-0.1, -0.05) is 36.4 Å². The Morgan fingerprint density at radius 3 is 2.53 bits per heavy atom. The molecule has 0 heterocycles. The minimum absolute atomic E-state index is 0.221. The van der Waals surface area contributed by atoms with Crippen LogP contribution in [0.2, 0.25) is 0 Å². The zero-order valence-corrected chi connectivity index (χ0v) is 9.50. The summed E-state index contributed by atoms with van der Waals surface area (Å²) in [5, 5.41) is 0. The Bertz CT molecular complexity index is 457. The van der Waals surface area contributed by atoms with Gasteiger partial charge in [0.05, 0.1) is 6.61 Å². The predicted octanol–water partition coefficient (Wildman–Crippen LogP) is 2.82. The molecule has 0 aliphatic carbocycles. The first kappa shape index (κ1) is 11.5. The molecule has 0 aliphatic heterocycles. The molecule has 0 saturated heterocycles. The van der Waals surface area contributed by atoms with Crippen LogP contribution in [0.5, 0.6) is 5.75 Å². The number of hydrogen-bond donors (Lipinski definition) is 1. The first-order valence-corrected chi connectivity index (χ1v) is 5.44. The minimum atomic E-state index is 0.221. The van der Waals surface area contributed by atoms with E-state index in [4.69, 9.17) is 15.2 Å². The highest BCUT2D eigenvalue weighted by Gasteiger charge is 1.95. The lowest BCUT2D eigenvalue weighted by Crippen LogP contribution is -2.03. The molecule has 0 bridgehead atoms. The van der Waals surface area contributed by atoms with Gasteiger partial charge in [0.15, 0.2) is 6.79 Å². The number of benzene rings is 2. The molecule has 2 rings (SSSR count). The van der Waals surface area contributed by atoms with Gasteiger partial charge in [0.2, 0.25) is 0 Å². The van der Waals surface area contributed by atoms with Gasteiger partial charge in [-0.05, 0) is 17.7 Å². The Morgan fingerprint density at radius 1 is 0.941 bits per heavy atom. The Hall–Kier alpha value is -2.00. The largest absolute Gasteiger partial charge is 0.467 e. The zero-order valence-electron chi connectivity index (χ0n) is 9.50. The minimum Gasteiger partial charge on any atom is -0.467 e. The second kappa shape index (κ2) is 5.92. The molecule has 0 aliphatic rings. The third-order valence-electron chi connectivity index (χ3n) is 2.28. The fourth-order valence-corrected chi connectivity index (χ4v) is 1.45. The second-order valence-corrected chi connectivity index (χ2v) is 3.67. The van der Waals surface area contributed by atoms with Gasteiger partial charge in [0, 0.05) is 11.8 Å². The van der Waals surface area contributed by atoms with E-state index in [-0.39, 0.29) is 6.79 Å². The molecule has 2 aromatic rings. The van der Waals surface area contributed by atoms with Gasteiger partial charge in [-0.15, -0.1) is 0 Å². The van der Waals surface area contributed by atoms with Crippen LogP contribution in [0.4, 0.5) is 5.69 Å². The van der Waals surface area contributed by atoms with Crippen molar-refractivity contribution in [3.63, 3.8) is 0 Å². The highest BCUT2D eigenvalue weighted by molar-refractivity contribution is 5.43. The van der Waals surface area contributed by atoms with Crippen LogP contribution in [0, 0.1) is 0 Å². The summed E-state index contributed by atoms with van der Waals surface area (Å²) in [5.74, 6) is 0.720. The summed E-state index contributed by atoms with van der Waals surface area (Å²) in [7, 11) is 0. The summed E-state index contributed by atoms with van der Waals surface area (Å²) in [5.41, 5.74) is 7.45. The smallest absolute Gasteiger partial charge is 0.189 e. The number of anilines is 1. The van der Waals surface area contributed by atoms with Gasteiger partial charge < -0.3 is 15.2 Å². The van der Waals surface area contributed by atoms with E-state index in [1.165, 1.54) is 0 Å². The van der Waals surface area contributed by atoms with Crippen molar-refractivity contribution in [2.24, 2.45) is 0 Å². The monoisotopic (exact) mass is 229 g/mol. The maximum atomic E-state index is 5.63. The molecule has 0 aromatic heterocycles. The number of hydrogen-bond acceptors (Lipinski definition) is 3. The average Bonchev–Trinajstić information content (AvgIpc) is 2.36. The van der Waals surface area contributed by atoms with Gasteiger partial charge in [-0.3, -0.25) is 0 Å². The molecular formula is C14H15NO2. The van der Waals surface area contributed by atoms with Crippen LogP contribution in [-0.2, 0) is 11.3 Å². The first-order chi connectivity index (χ1) is 8.34. The van der Waals surface area contributed by atoms with Crippen LogP contribution >= 0.6 is 0 Å². The summed E-state index contributed by atoms with van der Waals surface area (Å²) >= 11 is 0. The van der Waals surface area contributed by atoms with Crippen molar-refractivity contribution in [3.8, 4) is 5.75 Å². The summed E-state index contributed by atoms with van der Waals surface area (Å²) in [6.07, 6.45) is 0. The van der Waals surface area contributed by atoms with Crippen LogP contribution in [-0.4, -0.2) is 6.79 Å². The molecule has 88 valence electrons. The summed E-state index contributed by atoms with van der Waals surface area (Å²) < 4.78 is 10.8. The Morgan fingerprint density at radius 2 is 1.76 bits per heavy atom. The van der Waals surface area contributed by atoms with Crippen molar-refractivity contribution in [3.05, 3.63) is 60.2 Å². The molecule has 17 heavy (non-hydrogen) atoms. The molecule has 3 heteroatoms. The van der Waals surface area contributed by atoms with Crippen LogP contribution in [0.3, 0.4) is 0 Å². The van der Waals surface area contributed by atoms with Crippen molar-refractivity contribution in [1.29, 1.82) is 0 Å². The van der Waals surface area contributed by atoms with Gasteiger partial charge in [0.1, 0.15) is 5.75 Å². The quantitative estimate of drug-likeness (QED) is 0.487. The van der Waals surface area contributed by atoms with E-state index < -0.39 is 0 Å². The number of rotatable bonds is 5. The van der Waals surface area contributed by atoms with Gasteiger partial charge in [-0.2, -0.15) is 0 Å². The van der Waals surface area contributed by atoms with Crippen LogP contribution < -0.4 is 10.5 Å². The summed E-state index contributed by atoms with van der Waals surface area (Å²) in [6.45, 7) is 0.765. The van der Waals surface area contributed by atoms with E-state index in [1.807, 2.05) is 48.5 Å².